The maximum Gasteiger partial charge on any atom is 0.280 e. The van der Waals surface area contributed by atoms with E-state index in [1.807, 2.05) is 48.5 Å². The average Bonchev–Trinajstić information content (AvgIpc) is 3.61. The number of aliphatic hydroxyl groups is 4. The Bertz CT molecular complexity index is 2080. The number of imidazole rings is 1. The Morgan fingerprint density at radius 2 is 1.82 bits per heavy atom. The normalized spacial score (nSPS) is 28.2. The number of benzene rings is 3. The summed E-state index contributed by atoms with van der Waals surface area (Å²) in [7, 11) is 0. The van der Waals surface area contributed by atoms with Gasteiger partial charge in [-0.15, -0.1) is 0 Å². The van der Waals surface area contributed by atoms with Gasteiger partial charge in [-0.3, -0.25) is 14.3 Å². The number of anilines is 1. The predicted molar refractivity (Wildman–Crippen MR) is 161 cm³/mol. The molecule has 7 N–H and O–H groups in total. The molecule has 1 aliphatic heterocycles. The second kappa shape index (κ2) is 10.1. The lowest BCUT2D eigenvalue weighted by molar-refractivity contribution is -0.0901. The van der Waals surface area contributed by atoms with Crippen LogP contribution in [-0.4, -0.2) is 77.1 Å². The van der Waals surface area contributed by atoms with Gasteiger partial charge in [0.25, 0.3) is 5.56 Å². The van der Waals surface area contributed by atoms with E-state index < -0.39 is 48.4 Å². The zero-order chi connectivity index (χ0) is 30.3. The topological polar surface area (TPSA) is 189 Å². The molecule has 0 saturated carbocycles. The van der Waals surface area contributed by atoms with Crippen LogP contribution in [0.4, 0.5) is 5.95 Å². The van der Waals surface area contributed by atoms with Crippen molar-refractivity contribution in [1.82, 2.24) is 19.5 Å². The molecule has 5 aromatic rings. The molecule has 0 radical (unpaired) electrons. The number of nitrogen functional groups attached to an aromatic ring is 1. The Morgan fingerprint density at radius 3 is 2.68 bits per heavy atom. The third-order valence-corrected chi connectivity index (χ3v) is 8.98. The van der Waals surface area contributed by atoms with Gasteiger partial charge < -0.3 is 35.6 Å². The first-order valence-corrected chi connectivity index (χ1v) is 14.4. The number of nitrogens with one attached hydrogen (secondary N) is 1. The number of rotatable bonds is 4. The highest BCUT2D eigenvalue weighted by Gasteiger charge is 2.42. The lowest BCUT2D eigenvalue weighted by atomic mass is 9.74. The number of fused-ring (bicyclic) bond motifs is 7. The zero-order valence-electron chi connectivity index (χ0n) is 23.2. The van der Waals surface area contributed by atoms with Crippen molar-refractivity contribution >= 4 is 44.2 Å². The van der Waals surface area contributed by atoms with E-state index in [9.17, 15) is 25.2 Å². The van der Waals surface area contributed by atoms with Crippen molar-refractivity contribution < 1.29 is 29.9 Å². The third-order valence-electron chi connectivity index (χ3n) is 8.98. The van der Waals surface area contributed by atoms with Gasteiger partial charge in [-0.25, -0.2) is 4.98 Å². The number of nitrogens with zero attached hydrogens (tertiary/aromatic N) is 3. The second-order valence-electron chi connectivity index (χ2n) is 11.5. The van der Waals surface area contributed by atoms with Crippen LogP contribution in [0.5, 0.6) is 0 Å². The van der Waals surface area contributed by atoms with Crippen molar-refractivity contribution in [2.24, 2.45) is 0 Å². The van der Waals surface area contributed by atoms with Crippen molar-refractivity contribution in [2.45, 2.75) is 49.3 Å². The Balaban J connectivity index is 1.04. The van der Waals surface area contributed by atoms with Crippen molar-refractivity contribution in [1.29, 1.82) is 0 Å². The highest BCUT2D eigenvalue weighted by atomic mass is 16.6. The van der Waals surface area contributed by atoms with Crippen LogP contribution in [0.3, 0.4) is 0 Å². The van der Waals surface area contributed by atoms with E-state index in [-0.39, 0.29) is 35.7 Å². The molecule has 44 heavy (non-hydrogen) atoms. The fraction of sp³-hybridized carbons (Fsp3) is 0.281. The second-order valence-corrected chi connectivity index (χ2v) is 11.5. The van der Waals surface area contributed by atoms with Gasteiger partial charge in [0.15, 0.2) is 11.2 Å². The predicted octanol–water partition coefficient (Wildman–Crippen LogP) is 1.83. The summed E-state index contributed by atoms with van der Waals surface area (Å²) < 4.78 is 13.6. The standard InChI is InChI=1S/C32H29N5O7/c33-32-35-30-26(31(42)36-32)34-13-37(30)23-11-20(38)22(44-23)12-43-21-10-9-19-18-8-7-16-15-4-2-1-3-14(15)5-6-17(16)24(18)28(40)29(41)25(19)27(21)39/h1-10,13,20-23,27-29,38-41H,11-12H2,(H3,33,35,36,42)/t20-,21+,22+,23+,27-,28-,29+/m0/s1. The summed E-state index contributed by atoms with van der Waals surface area (Å²) in [6.45, 7) is -0.0674. The minimum atomic E-state index is -1.35. The number of nitrogens with two attached hydrogens (primary N) is 1. The number of hydrogen-bond acceptors (Lipinski definition) is 10. The van der Waals surface area contributed by atoms with E-state index in [0.717, 1.165) is 27.1 Å². The van der Waals surface area contributed by atoms with Crippen molar-refractivity contribution in [3.8, 4) is 0 Å². The summed E-state index contributed by atoms with van der Waals surface area (Å²) in [4.78, 5) is 22.8. The number of allylic oxidation sites excluding steroid dienone is 2. The number of aromatic nitrogens is 4. The highest BCUT2D eigenvalue weighted by molar-refractivity contribution is 6.10. The smallest absolute Gasteiger partial charge is 0.280 e. The molecule has 1 fully saturated rings. The first-order chi connectivity index (χ1) is 21.3. The van der Waals surface area contributed by atoms with E-state index >= 15 is 0 Å². The Labute approximate surface area is 249 Å². The summed E-state index contributed by atoms with van der Waals surface area (Å²) in [6, 6.07) is 15.9. The van der Waals surface area contributed by atoms with Gasteiger partial charge >= 0.3 is 0 Å². The molecule has 2 aliphatic carbocycles. The van der Waals surface area contributed by atoms with Gasteiger partial charge in [-0.1, -0.05) is 60.7 Å². The molecule has 3 aromatic carbocycles. The number of aliphatic hydroxyl groups excluding tert-OH is 4. The minimum absolute atomic E-state index is 0.0613. The fourth-order valence-corrected chi connectivity index (χ4v) is 6.84. The SMILES string of the molecule is Nc1nc2c(ncn2[C@H]2C[C@H](O)[C@@H](CO[C@@H]3C=CC4=C([C@H]3O)[C@@H](O)[C@@H](O)c3c4ccc4c3ccc3ccccc34)O2)c(=O)[nH]1. The van der Waals surface area contributed by atoms with Crippen LogP contribution in [0, 0.1) is 0 Å². The summed E-state index contributed by atoms with van der Waals surface area (Å²) in [5.74, 6) is -0.0613. The molecular formula is C32H29N5O7. The molecule has 3 heterocycles. The van der Waals surface area contributed by atoms with E-state index in [1.165, 1.54) is 6.33 Å². The first-order valence-electron chi connectivity index (χ1n) is 14.4. The Kier molecular flexibility index (Phi) is 6.20. The Hall–Kier alpha value is -4.43. The summed E-state index contributed by atoms with van der Waals surface area (Å²) in [5, 5.41) is 48.7. The van der Waals surface area contributed by atoms with Crippen molar-refractivity contribution in [3.63, 3.8) is 0 Å². The van der Waals surface area contributed by atoms with Crippen molar-refractivity contribution in [3.05, 3.63) is 94.1 Å². The van der Waals surface area contributed by atoms with Gasteiger partial charge in [0.05, 0.1) is 19.0 Å². The summed E-state index contributed by atoms with van der Waals surface area (Å²) in [6.07, 6.45) is -1.92. The quantitative estimate of drug-likeness (QED) is 0.167. The molecule has 0 amide bonds. The van der Waals surface area contributed by atoms with Crippen LogP contribution in [-0.2, 0) is 9.47 Å². The lowest BCUT2D eigenvalue weighted by Gasteiger charge is -2.38. The minimum Gasteiger partial charge on any atom is -0.390 e. The molecule has 0 spiro atoms. The maximum absolute atomic E-state index is 12.2. The largest absolute Gasteiger partial charge is 0.390 e. The van der Waals surface area contributed by atoms with Gasteiger partial charge in [-0.05, 0) is 38.2 Å². The summed E-state index contributed by atoms with van der Waals surface area (Å²) in [5.41, 5.74) is 7.85. The van der Waals surface area contributed by atoms with Crippen molar-refractivity contribution in [2.75, 3.05) is 12.3 Å². The molecule has 12 nitrogen and oxygen atoms in total. The van der Waals surface area contributed by atoms with Gasteiger partial charge in [0.1, 0.15) is 36.7 Å². The fourth-order valence-electron chi connectivity index (χ4n) is 6.84. The molecule has 224 valence electrons. The lowest BCUT2D eigenvalue weighted by Crippen LogP contribution is -2.42. The molecular weight excluding hydrogens is 566 g/mol. The molecule has 2 aromatic heterocycles. The highest BCUT2D eigenvalue weighted by Crippen LogP contribution is 2.46. The van der Waals surface area contributed by atoms with E-state index in [4.69, 9.17) is 15.2 Å². The van der Waals surface area contributed by atoms with Crippen LogP contribution in [0.2, 0.25) is 0 Å². The van der Waals surface area contributed by atoms with Crippen LogP contribution in [0.15, 0.2) is 77.4 Å². The van der Waals surface area contributed by atoms with Crippen LogP contribution < -0.4 is 11.3 Å². The van der Waals surface area contributed by atoms with E-state index in [0.29, 0.717) is 11.1 Å². The molecule has 1 saturated heterocycles. The van der Waals surface area contributed by atoms with E-state index in [2.05, 4.69) is 15.0 Å². The van der Waals surface area contributed by atoms with E-state index in [1.54, 1.807) is 16.7 Å². The maximum atomic E-state index is 12.2. The van der Waals surface area contributed by atoms with Gasteiger partial charge in [0, 0.05) is 12.0 Å². The Morgan fingerprint density at radius 1 is 1.00 bits per heavy atom. The number of ether oxygens (including phenoxy) is 2. The van der Waals surface area contributed by atoms with Gasteiger partial charge in [-0.2, -0.15) is 4.98 Å². The van der Waals surface area contributed by atoms with Crippen LogP contribution in [0.25, 0.3) is 38.3 Å². The summed E-state index contributed by atoms with van der Waals surface area (Å²) >= 11 is 0. The zero-order valence-corrected chi connectivity index (χ0v) is 23.2. The van der Waals surface area contributed by atoms with Crippen LogP contribution >= 0.6 is 0 Å². The average molecular weight is 596 g/mol. The molecule has 12 heteroatoms. The molecule has 3 aliphatic rings. The van der Waals surface area contributed by atoms with Crippen LogP contribution in [0.1, 0.15) is 29.9 Å². The third kappa shape index (κ3) is 4.04. The molecule has 0 bridgehead atoms. The number of hydrogen-bond donors (Lipinski definition) is 6. The monoisotopic (exact) mass is 595 g/mol. The molecule has 8 rings (SSSR count). The number of aromatic amines is 1. The molecule has 0 unspecified atom stereocenters. The van der Waals surface area contributed by atoms with Gasteiger partial charge in [0.2, 0.25) is 5.95 Å². The molecule has 7 atom stereocenters. The first kappa shape index (κ1) is 27.1. The number of H-pyrrole nitrogens is 1.